The summed E-state index contributed by atoms with van der Waals surface area (Å²) in [6.07, 6.45) is -4.41. The molecule has 0 aromatic heterocycles. The van der Waals surface area contributed by atoms with Gasteiger partial charge >= 0.3 is 6.18 Å². The molecule has 0 saturated carbocycles. The highest BCUT2D eigenvalue weighted by Gasteiger charge is 2.51. The van der Waals surface area contributed by atoms with Crippen LogP contribution in [0.3, 0.4) is 0 Å². The van der Waals surface area contributed by atoms with Crippen molar-refractivity contribution in [2.75, 3.05) is 13.2 Å². The fourth-order valence-corrected chi connectivity index (χ4v) is 0.621. The van der Waals surface area contributed by atoms with Crippen LogP contribution in [-0.4, -0.2) is 30.0 Å². The highest BCUT2D eigenvalue weighted by molar-refractivity contribution is 5.09. The minimum absolute atomic E-state index is 0.0416. The summed E-state index contributed by atoms with van der Waals surface area (Å²) in [5, 5.41) is 18.7. The van der Waals surface area contributed by atoms with Crippen molar-refractivity contribution in [3.63, 3.8) is 0 Å². The summed E-state index contributed by atoms with van der Waals surface area (Å²) < 4.78 is 36.6. The highest BCUT2D eigenvalue weighted by Crippen LogP contribution is 2.29. The Hall–Kier alpha value is -0.800. The van der Waals surface area contributed by atoms with Crippen molar-refractivity contribution in [3.05, 3.63) is 0 Å². The van der Waals surface area contributed by atoms with Gasteiger partial charge < -0.3 is 5.11 Å². The number of hydrogen-bond donors (Lipinski definition) is 2. The molecular weight excluding hydrogens is 185 g/mol. The fraction of sp³-hybridized carbons (Fsp3) is 0.857. The van der Waals surface area contributed by atoms with Crippen molar-refractivity contribution in [1.29, 1.82) is 5.26 Å². The normalized spacial score (nSPS) is 16.3. The van der Waals surface area contributed by atoms with E-state index in [1.54, 1.807) is 0 Å². The Morgan fingerprint density at radius 3 is 2.31 bits per heavy atom. The van der Waals surface area contributed by atoms with Crippen LogP contribution in [0.15, 0.2) is 0 Å². The van der Waals surface area contributed by atoms with Gasteiger partial charge in [-0.15, -0.1) is 0 Å². The van der Waals surface area contributed by atoms with Gasteiger partial charge in [0.05, 0.1) is 6.07 Å². The Balaban J connectivity index is 4.24. The van der Waals surface area contributed by atoms with Gasteiger partial charge in [0.2, 0.25) is 0 Å². The molecule has 76 valence electrons. The molecule has 0 rings (SSSR count). The second-order valence-electron chi connectivity index (χ2n) is 2.74. The second-order valence-corrected chi connectivity index (χ2v) is 2.74. The molecule has 3 nitrogen and oxygen atoms in total. The first-order valence-corrected chi connectivity index (χ1v) is 3.71. The van der Waals surface area contributed by atoms with Crippen molar-refractivity contribution in [2.24, 2.45) is 0 Å². The topological polar surface area (TPSA) is 56.0 Å². The molecule has 0 saturated heterocycles. The Morgan fingerprint density at radius 1 is 1.46 bits per heavy atom. The SMILES string of the molecule is CC(C#N)(NCCCO)C(F)(F)F. The third-order valence-electron chi connectivity index (χ3n) is 1.60. The second kappa shape index (κ2) is 4.44. The minimum Gasteiger partial charge on any atom is -0.396 e. The number of nitriles is 1. The van der Waals surface area contributed by atoms with Crippen molar-refractivity contribution in [3.8, 4) is 6.07 Å². The molecule has 6 heteroatoms. The summed E-state index contributed by atoms with van der Waals surface area (Å²) in [7, 11) is 0. The van der Waals surface area contributed by atoms with E-state index in [1.807, 2.05) is 5.32 Å². The van der Waals surface area contributed by atoms with E-state index in [4.69, 9.17) is 10.4 Å². The molecule has 0 aromatic carbocycles. The maximum Gasteiger partial charge on any atom is 0.419 e. The lowest BCUT2D eigenvalue weighted by Crippen LogP contribution is -2.53. The van der Waals surface area contributed by atoms with Gasteiger partial charge in [-0.2, -0.15) is 18.4 Å². The van der Waals surface area contributed by atoms with E-state index >= 15 is 0 Å². The summed E-state index contributed by atoms with van der Waals surface area (Å²) in [6, 6.07) is 1.16. The number of nitrogens with zero attached hydrogens (tertiary/aromatic N) is 1. The van der Waals surface area contributed by atoms with Gasteiger partial charge in [-0.05, 0) is 19.9 Å². The van der Waals surface area contributed by atoms with E-state index in [0.29, 0.717) is 0 Å². The zero-order chi connectivity index (χ0) is 10.5. The highest BCUT2D eigenvalue weighted by atomic mass is 19.4. The molecular formula is C7H11F3N2O. The fourth-order valence-electron chi connectivity index (χ4n) is 0.621. The van der Waals surface area contributed by atoms with Crippen LogP contribution < -0.4 is 5.32 Å². The van der Waals surface area contributed by atoms with Gasteiger partial charge in [0, 0.05) is 6.61 Å². The maximum atomic E-state index is 12.2. The van der Waals surface area contributed by atoms with Crippen LogP contribution in [0.1, 0.15) is 13.3 Å². The summed E-state index contributed by atoms with van der Waals surface area (Å²) in [4.78, 5) is 0. The minimum atomic E-state index is -4.60. The number of hydrogen-bond acceptors (Lipinski definition) is 3. The van der Waals surface area contributed by atoms with E-state index in [-0.39, 0.29) is 19.6 Å². The van der Waals surface area contributed by atoms with Crippen LogP contribution in [0.5, 0.6) is 0 Å². The molecule has 0 aromatic rings. The first-order valence-electron chi connectivity index (χ1n) is 3.71. The lowest BCUT2D eigenvalue weighted by Gasteiger charge is -2.25. The van der Waals surface area contributed by atoms with Gasteiger partial charge in [-0.25, -0.2) is 0 Å². The zero-order valence-corrected chi connectivity index (χ0v) is 7.15. The average molecular weight is 196 g/mol. The largest absolute Gasteiger partial charge is 0.419 e. The molecule has 0 bridgehead atoms. The number of nitrogens with one attached hydrogen (secondary N) is 1. The van der Waals surface area contributed by atoms with Crippen LogP contribution in [0.2, 0.25) is 0 Å². The third kappa shape index (κ3) is 3.20. The predicted octanol–water partition coefficient (Wildman–Crippen LogP) is 0.803. The number of aliphatic hydroxyl groups is 1. The molecule has 0 heterocycles. The third-order valence-corrected chi connectivity index (χ3v) is 1.60. The number of aliphatic hydroxyl groups excluding tert-OH is 1. The first kappa shape index (κ1) is 12.2. The van der Waals surface area contributed by atoms with Crippen LogP contribution in [0.25, 0.3) is 0 Å². The number of halogens is 3. The summed E-state index contributed by atoms with van der Waals surface area (Å²) >= 11 is 0. The zero-order valence-electron chi connectivity index (χ0n) is 7.15. The monoisotopic (exact) mass is 196 g/mol. The molecule has 0 aliphatic heterocycles. The molecule has 0 spiro atoms. The first-order chi connectivity index (χ1) is 5.87. The van der Waals surface area contributed by atoms with E-state index in [2.05, 4.69) is 0 Å². The number of rotatable bonds is 4. The van der Waals surface area contributed by atoms with Gasteiger partial charge in [-0.3, -0.25) is 5.32 Å². The summed E-state index contributed by atoms with van der Waals surface area (Å²) in [5.74, 6) is 0. The molecule has 0 aliphatic rings. The maximum absolute atomic E-state index is 12.2. The average Bonchev–Trinajstić information content (AvgIpc) is 2.02. The molecule has 0 aliphatic carbocycles. The van der Waals surface area contributed by atoms with Crippen molar-refractivity contribution < 1.29 is 18.3 Å². The Bertz CT molecular complexity index is 199. The van der Waals surface area contributed by atoms with Gasteiger partial charge in [-0.1, -0.05) is 0 Å². The van der Waals surface area contributed by atoms with Crippen molar-refractivity contribution >= 4 is 0 Å². The Morgan fingerprint density at radius 2 is 2.00 bits per heavy atom. The summed E-state index contributed by atoms with van der Waals surface area (Å²) in [5.41, 5.74) is -2.53. The summed E-state index contributed by atoms with van der Waals surface area (Å²) in [6.45, 7) is 0.525. The van der Waals surface area contributed by atoms with Crippen LogP contribution >= 0.6 is 0 Å². The Labute approximate surface area is 74.2 Å². The molecule has 0 radical (unpaired) electrons. The van der Waals surface area contributed by atoms with Crippen molar-refractivity contribution in [1.82, 2.24) is 5.32 Å². The van der Waals surface area contributed by atoms with Gasteiger partial charge in [0.25, 0.3) is 0 Å². The van der Waals surface area contributed by atoms with E-state index in [9.17, 15) is 13.2 Å². The standard InChI is InChI=1S/C7H11F3N2O/c1-6(5-11,7(8,9)10)12-3-2-4-13/h12-13H,2-4H2,1H3. The lowest BCUT2D eigenvalue weighted by atomic mass is 10.0. The predicted molar refractivity (Wildman–Crippen MR) is 39.8 cm³/mol. The smallest absolute Gasteiger partial charge is 0.396 e. The molecule has 2 N–H and O–H groups in total. The van der Waals surface area contributed by atoms with Crippen LogP contribution in [0, 0.1) is 11.3 Å². The quantitative estimate of drug-likeness (QED) is 0.654. The molecule has 1 unspecified atom stereocenters. The van der Waals surface area contributed by atoms with E-state index in [1.165, 1.54) is 0 Å². The van der Waals surface area contributed by atoms with E-state index < -0.39 is 11.7 Å². The Kier molecular flexibility index (Phi) is 4.17. The van der Waals surface area contributed by atoms with E-state index in [0.717, 1.165) is 13.0 Å². The molecule has 0 fully saturated rings. The molecule has 1 atom stereocenters. The lowest BCUT2D eigenvalue weighted by molar-refractivity contribution is -0.174. The molecule has 0 amide bonds. The molecule has 13 heavy (non-hydrogen) atoms. The van der Waals surface area contributed by atoms with Crippen LogP contribution in [-0.2, 0) is 0 Å². The van der Waals surface area contributed by atoms with Crippen molar-refractivity contribution in [2.45, 2.75) is 25.1 Å². The van der Waals surface area contributed by atoms with Gasteiger partial charge in [0.1, 0.15) is 0 Å². The van der Waals surface area contributed by atoms with Gasteiger partial charge in [0.15, 0.2) is 5.54 Å². The van der Waals surface area contributed by atoms with Crippen LogP contribution in [0.4, 0.5) is 13.2 Å². The number of alkyl halides is 3.